The van der Waals surface area contributed by atoms with Crippen molar-refractivity contribution in [2.75, 3.05) is 51.6 Å². The second-order valence-corrected chi connectivity index (χ2v) is 10.3. The molecule has 0 amide bonds. The van der Waals surface area contributed by atoms with Gasteiger partial charge in [-0.3, -0.25) is 14.5 Å². The van der Waals surface area contributed by atoms with Gasteiger partial charge in [0.15, 0.2) is 0 Å². The molecule has 0 spiro atoms. The van der Waals surface area contributed by atoms with Crippen molar-refractivity contribution in [3.05, 3.63) is 35.0 Å². The molecular weight excluding hydrogens is 526 g/mol. The van der Waals surface area contributed by atoms with Gasteiger partial charge in [0.25, 0.3) is 0 Å². The van der Waals surface area contributed by atoms with E-state index in [4.69, 9.17) is 24.7 Å². The van der Waals surface area contributed by atoms with E-state index < -0.39 is 0 Å². The van der Waals surface area contributed by atoms with Crippen molar-refractivity contribution in [1.29, 1.82) is 0 Å². The summed E-state index contributed by atoms with van der Waals surface area (Å²) in [6.07, 6.45) is 5.69. The highest BCUT2D eigenvalue weighted by atomic mass is 16.5. The average molecular weight is 572 g/mol. The first-order valence-electron chi connectivity index (χ1n) is 14.4. The number of benzene rings is 1. The fourth-order valence-corrected chi connectivity index (χ4v) is 5.23. The van der Waals surface area contributed by atoms with Gasteiger partial charge in [-0.2, -0.15) is 4.98 Å². The van der Waals surface area contributed by atoms with Gasteiger partial charge in [0, 0.05) is 49.7 Å². The zero-order valence-corrected chi connectivity index (χ0v) is 25.0. The molecular formula is C30H45N5O6. The van der Waals surface area contributed by atoms with Crippen LogP contribution in [0.2, 0.25) is 0 Å². The van der Waals surface area contributed by atoms with E-state index in [0.717, 1.165) is 62.0 Å². The lowest BCUT2D eigenvalue weighted by atomic mass is 10.0. The highest BCUT2D eigenvalue weighted by Gasteiger charge is 2.30. The number of esters is 2. The Kier molecular flexibility index (Phi) is 12.5. The number of methoxy groups -OCH3 is 2. The molecule has 1 saturated heterocycles. The summed E-state index contributed by atoms with van der Waals surface area (Å²) in [4.78, 5) is 34.3. The number of carbonyl (C=O) groups excluding carboxylic acids is 2. The number of nitrogen functional groups attached to an aromatic ring is 1. The number of likely N-dealkylation sites (tertiary alicyclic amines) is 1. The lowest BCUT2D eigenvalue weighted by molar-refractivity contribution is -0.146. The Labute approximate surface area is 243 Å². The maximum Gasteiger partial charge on any atom is 0.323 e. The fourth-order valence-electron chi connectivity index (χ4n) is 5.23. The molecule has 3 N–H and O–H groups in total. The minimum atomic E-state index is -0.290. The molecule has 1 fully saturated rings. The van der Waals surface area contributed by atoms with Crippen molar-refractivity contribution >= 4 is 23.7 Å². The Morgan fingerprint density at radius 2 is 2.00 bits per heavy atom. The molecule has 2 heterocycles. The lowest BCUT2D eigenvalue weighted by Gasteiger charge is -2.22. The number of carbonyl (C=O) groups is 2. The first-order chi connectivity index (χ1) is 19.7. The summed E-state index contributed by atoms with van der Waals surface area (Å²) >= 11 is 0. The summed E-state index contributed by atoms with van der Waals surface area (Å²) in [7, 11) is 3.08. The molecule has 41 heavy (non-hydrogen) atoms. The van der Waals surface area contributed by atoms with Gasteiger partial charge in [-0.05, 0) is 50.8 Å². The van der Waals surface area contributed by atoms with E-state index in [9.17, 15) is 9.59 Å². The maximum absolute atomic E-state index is 12.0. The predicted octanol–water partition coefficient (Wildman–Crippen LogP) is 3.91. The quantitative estimate of drug-likeness (QED) is 0.224. The number of anilines is 2. The summed E-state index contributed by atoms with van der Waals surface area (Å²) in [5.74, 6) is 1.84. The number of nitrogens with two attached hydrogens (primary N) is 1. The highest BCUT2D eigenvalue weighted by molar-refractivity contribution is 5.76. The average Bonchev–Trinajstić information content (AvgIpc) is 3.41. The van der Waals surface area contributed by atoms with Crippen LogP contribution in [0.3, 0.4) is 0 Å². The van der Waals surface area contributed by atoms with Gasteiger partial charge in [0.05, 0.1) is 27.4 Å². The van der Waals surface area contributed by atoms with Gasteiger partial charge in [-0.1, -0.05) is 19.4 Å². The number of aryl methyl sites for hydroxylation is 1. The van der Waals surface area contributed by atoms with E-state index in [1.54, 1.807) is 7.11 Å². The van der Waals surface area contributed by atoms with Crippen LogP contribution >= 0.6 is 0 Å². The Morgan fingerprint density at radius 1 is 1.20 bits per heavy atom. The van der Waals surface area contributed by atoms with Crippen molar-refractivity contribution in [2.24, 2.45) is 0 Å². The molecule has 0 radical (unpaired) electrons. The summed E-state index contributed by atoms with van der Waals surface area (Å²) in [6, 6.07) is 5.73. The standard InChI is InChI=1S/C30H45N5O6/c1-6-9-23(13-17-40-21(3)36)33-28-25(20(2)32-30(31)34-28)18-22-11-12-24(19-27(22)38-4)41-16-8-15-35-14-7-10-26(35)29(37)39-5/h11-12,19,23,26H,6-10,13-18H2,1-5H3,(H3,31,32,33,34)/t23-,26?/m0/s1. The largest absolute Gasteiger partial charge is 0.496 e. The van der Waals surface area contributed by atoms with E-state index in [2.05, 4.69) is 27.1 Å². The Balaban J connectivity index is 1.66. The van der Waals surface area contributed by atoms with Crippen molar-refractivity contribution in [2.45, 2.75) is 77.8 Å². The van der Waals surface area contributed by atoms with E-state index in [1.807, 2.05) is 25.1 Å². The molecule has 1 aliphatic rings. The molecule has 2 atom stereocenters. The minimum absolute atomic E-state index is 0.0629. The second kappa shape index (κ2) is 16.0. The minimum Gasteiger partial charge on any atom is -0.496 e. The summed E-state index contributed by atoms with van der Waals surface area (Å²) < 4.78 is 21.8. The SMILES string of the molecule is CCC[C@@H](CCOC(C)=O)Nc1nc(N)nc(C)c1Cc1ccc(OCCCN2CCCC2C(=O)OC)cc1OC. The fraction of sp³-hybridized carbons (Fsp3) is 0.600. The molecule has 0 bridgehead atoms. The molecule has 0 saturated carbocycles. The smallest absolute Gasteiger partial charge is 0.323 e. The van der Waals surface area contributed by atoms with E-state index in [0.29, 0.717) is 43.4 Å². The Hall–Kier alpha value is -3.60. The van der Waals surface area contributed by atoms with Crippen molar-refractivity contribution in [3.63, 3.8) is 0 Å². The van der Waals surface area contributed by atoms with Crippen LogP contribution in [0, 0.1) is 6.92 Å². The molecule has 2 aromatic rings. The van der Waals surface area contributed by atoms with Crippen molar-refractivity contribution in [3.8, 4) is 11.5 Å². The molecule has 3 rings (SSSR count). The van der Waals surface area contributed by atoms with Crippen LogP contribution in [0.1, 0.15) is 69.2 Å². The van der Waals surface area contributed by atoms with Gasteiger partial charge in [-0.15, -0.1) is 0 Å². The Morgan fingerprint density at radius 3 is 2.71 bits per heavy atom. The van der Waals surface area contributed by atoms with E-state index in [-0.39, 0.29) is 30.0 Å². The molecule has 11 heteroatoms. The molecule has 1 unspecified atom stereocenters. The topological polar surface area (TPSA) is 138 Å². The summed E-state index contributed by atoms with van der Waals surface area (Å²) in [5, 5.41) is 3.52. The van der Waals surface area contributed by atoms with Crippen LogP contribution < -0.4 is 20.5 Å². The van der Waals surface area contributed by atoms with Gasteiger partial charge in [0.2, 0.25) is 5.95 Å². The normalized spacial score (nSPS) is 15.8. The lowest BCUT2D eigenvalue weighted by Crippen LogP contribution is -2.37. The van der Waals surface area contributed by atoms with Gasteiger partial charge in [0.1, 0.15) is 23.4 Å². The van der Waals surface area contributed by atoms with Crippen LogP contribution in [0.5, 0.6) is 11.5 Å². The number of hydrogen-bond acceptors (Lipinski definition) is 11. The molecule has 226 valence electrons. The summed E-state index contributed by atoms with van der Waals surface area (Å²) in [5.41, 5.74) is 8.68. The first kappa shape index (κ1) is 31.9. The molecule has 1 aliphatic heterocycles. The monoisotopic (exact) mass is 571 g/mol. The number of nitrogens with one attached hydrogen (secondary N) is 1. The number of hydrogen-bond donors (Lipinski definition) is 2. The van der Waals surface area contributed by atoms with Crippen molar-refractivity contribution < 1.29 is 28.5 Å². The highest BCUT2D eigenvalue weighted by Crippen LogP contribution is 2.30. The molecule has 1 aromatic heterocycles. The predicted molar refractivity (Wildman–Crippen MR) is 157 cm³/mol. The van der Waals surface area contributed by atoms with Gasteiger partial charge in [-0.25, -0.2) is 4.98 Å². The summed E-state index contributed by atoms with van der Waals surface area (Å²) in [6.45, 7) is 7.98. The van der Waals surface area contributed by atoms with E-state index >= 15 is 0 Å². The third-order valence-electron chi connectivity index (χ3n) is 7.30. The Bertz CT molecular complexity index is 1160. The first-order valence-corrected chi connectivity index (χ1v) is 14.4. The van der Waals surface area contributed by atoms with Crippen molar-refractivity contribution in [1.82, 2.24) is 14.9 Å². The van der Waals surface area contributed by atoms with Crippen LogP contribution in [-0.2, 0) is 25.5 Å². The number of rotatable bonds is 16. The van der Waals surface area contributed by atoms with Crippen LogP contribution in [0.15, 0.2) is 18.2 Å². The zero-order chi connectivity index (χ0) is 29.8. The van der Waals surface area contributed by atoms with Gasteiger partial charge >= 0.3 is 11.9 Å². The van der Waals surface area contributed by atoms with Gasteiger partial charge < -0.3 is 30.0 Å². The second-order valence-electron chi connectivity index (χ2n) is 10.3. The maximum atomic E-state index is 12.0. The third-order valence-corrected chi connectivity index (χ3v) is 7.30. The number of aromatic nitrogens is 2. The number of ether oxygens (including phenoxy) is 4. The van der Waals surface area contributed by atoms with E-state index in [1.165, 1.54) is 14.0 Å². The van der Waals surface area contributed by atoms with Crippen LogP contribution in [-0.4, -0.2) is 79.4 Å². The molecule has 1 aromatic carbocycles. The molecule has 11 nitrogen and oxygen atoms in total. The zero-order valence-electron chi connectivity index (χ0n) is 25.0. The number of nitrogens with zero attached hydrogens (tertiary/aromatic N) is 3. The third kappa shape index (κ3) is 9.48. The van der Waals surface area contributed by atoms with Crippen LogP contribution in [0.4, 0.5) is 11.8 Å². The van der Waals surface area contributed by atoms with Crippen LogP contribution in [0.25, 0.3) is 0 Å². The molecule has 0 aliphatic carbocycles.